The van der Waals surface area contributed by atoms with E-state index in [9.17, 15) is 18.3 Å². The van der Waals surface area contributed by atoms with E-state index in [0.29, 0.717) is 25.1 Å². The van der Waals surface area contributed by atoms with Gasteiger partial charge >= 0.3 is 6.18 Å². The molecular formula is C22H35F3N4O. The number of nitrogens with one attached hydrogen (secondary N) is 2. The summed E-state index contributed by atoms with van der Waals surface area (Å²) in [5.74, 6) is 0.750. The second kappa shape index (κ2) is 12.2. The molecule has 170 valence electrons. The van der Waals surface area contributed by atoms with E-state index in [4.69, 9.17) is 0 Å². The number of benzene rings is 1. The molecule has 1 aliphatic rings. The minimum atomic E-state index is -4.31. The fraction of sp³-hybridized carbons (Fsp3) is 0.682. The monoisotopic (exact) mass is 428 g/mol. The van der Waals surface area contributed by atoms with Gasteiger partial charge in [-0.1, -0.05) is 25.1 Å². The zero-order chi connectivity index (χ0) is 22.0. The lowest BCUT2D eigenvalue weighted by Gasteiger charge is -2.29. The molecule has 1 aromatic carbocycles. The van der Waals surface area contributed by atoms with Crippen LogP contribution in [0.5, 0.6) is 0 Å². The lowest BCUT2D eigenvalue weighted by Crippen LogP contribution is -2.38. The van der Waals surface area contributed by atoms with Crippen molar-refractivity contribution in [3.8, 4) is 0 Å². The zero-order valence-electron chi connectivity index (χ0n) is 18.0. The van der Waals surface area contributed by atoms with E-state index < -0.39 is 11.7 Å². The highest BCUT2D eigenvalue weighted by Crippen LogP contribution is 2.31. The topological polar surface area (TPSA) is 59.9 Å². The van der Waals surface area contributed by atoms with E-state index in [2.05, 4.69) is 20.5 Å². The molecule has 1 saturated heterocycles. The molecule has 1 fully saturated rings. The van der Waals surface area contributed by atoms with Crippen LogP contribution in [0.15, 0.2) is 29.3 Å². The molecule has 0 amide bonds. The molecular weight excluding hydrogens is 393 g/mol. The number of aliphatic hydroxyl groups is 1. The van der Waals surface area contributed by atoms with Crippen LogP contribution in [0.4, 0.5) is 13.2 Å². The number of piperidine rings is 1. The Hall–Kier alpha value is -1.80. The second-order valence-electron chi connectivity index (χ2n) is 7.93. The molecule has 0 saturated carbocycles. The third-order valence-corrected chi connectivity index (χ3v) is 5.46. The van der Waals surface area contributed by atoms with Crippen molar-refractivity contribution in [3.05, 3.63) is 35.4 Å². The number of aliphatic hydroxyl groups excluding tert-OH is 1. The number of hydrogen-bond acceptors (Lipinski definition) is 3. The van der Waals surface area contributed by atoms with Gasteiger partial charge in [-0.05, 0) is 56.7 Å². The molecule has 0 aliphatic carbocycles. The van der Waals surface area contributed by atoms with Crippen LogP contribution in [-0.2, 0) is 6.18 Å². The van der Waals surface area contributed by atoms with Gasteiger partial charge < -0.3 is 20.6 Å². The highest BCUT2D eigenvalue weighted by Gasteiger charge is 2.30. The SMILES string of the molecule is CCNC(=NCCCN1CCC(O)CC1)NCCC(C)c1cccc(C(F)(F)F)c1. The van der Waals surface area contributed by atoms with Gasteiger partial charge in [0.05, 0.1) is 11.7 Å². The summed E-state index contributed by atoms with van der Waals surface area (Å²) in [4.78, 5) is 6.96. The molecule has 1 heterocycles. The molecule has 0 aromatic heterocycles. The maximum Gasteiger partial charge on any atom is 0.416 e. The first-order valence-electron chi connectivity index (χ1n) is 10.9. The summed E-state index contributed by atoms with van der Waals surface area (Å²) in [5, 5.41) is 16.1. The van der Waals surface area contributed by atoms with Gasteiger partial charge in [0.2, 0.25) is 0 Å². The van der Waals surface area contributed by atoms with E-state index >= 15 is 0 Å². The highest BCUT2D eigenvalue weighted by molar-refractivity contribution is 5.79. The van der Waals surface area contributed by atoms with E-state index in [1.807, 2.05) is 13.8 Å². The molecule has 0 radical (unpaired) electrons. The van der Waals surface area contributed by atoms with Crippen molar-refractivity contribution in [2.45, 2.75) is 57.7 Å². The van der Waals surface area contributed by atoms with Gasteiger partial charge in [-0.25, -0.2) is 0 Å². The van der Waals surface area contributed by atoms with Crippen molar-refractivity contribution >= 4 is 5.96 Å². The van der Waals surface area contributed by atoms with Crippen LogP contribution in [0.1, 0.15) is 56.6 Å². The molecule has 8 heteroatoms. The Morgan fingerprint density at radius 2 is 2.00 bits per heavy atom. The number of likely N-dealkylation sites (tertiary alicyclic amines) is 1. The Bertz CT molecular complexity index is 658. The lowest BCUT2D eigenvalue weighted by molar-refractivity contribution is -0.137. The Labute approximate surface area is 177 Å². The van der Waals surface area contributed by atoms with Crippen molar-refractivity contribution in [1.29, 1.82) is 0 Å². The highest BCUT2D eigenvalue weighted by atomic mass is 19.4. The van der Waals surface area contributed by atoms with E-state index in [0.717, 1.165) is 57.5 Å². The summed E-state index contributed by atoms with van der Waals surface area (Å²) in [6.45, 7) is 8.89. The summed E-state index contributed by atoms with van der Waals surface area (Å²) >= 11 is 0. The molecule has 1 aliphatic heterocycles. The number of guanidine groups is 1. The van der Waals surface area contributed by atoms with Crippen molar-refractivity contribution in [1.82, 2.24) is 15.5 Å². The van der Waals surface area contributed by atoms with Gasteiger partial charge in [0, 0.05) is 32.7 Å². The molecule has 2 rings (SSSR count). The molecule has 1 aromatic rings. The van der Waals surface area contributed by atoms with Gasteiger partial charge in [0.25, 0.3) is 0 Å². The lowest BCUT2D eigenvalue weighted by atomic mass is 9.96. The third-order valence-electron chi connectivity index (χ3n) is 5.46. The van der Waals surface area contributed by atoms with E-state index in [-0.39, 0.29) is 12.0 Å². The van der Waals surface area contributed by atoms with Crippen LogP contribution in [-0.4, -0.2) is 61.3 Å². The Morgan fingerprint density at radius 1 is 1.27 bits per heavy atom. The van der Waals surface area contributed by atoms with Crippen molar-refractivity contribution in [2.75, 3.05) is 39.3 Å². The molecule has 1 unspecified atom stereocenters. The van der Waals surface area contributed by atoms with E-state index in [1.165, 1.54) is 12.1 Å². The first-order valence-corrected chi connectivity index (χ1v) is 10.9. The summed E-state index contributed by atoms with van der Waals surface area (Å²) in [6, 6.07) is 5.56. The van der Waals surface area contributed by atoms with Crippen LogP contribution < -0.4 is 10.6 Å². The molecule has 3 N–H and O–H groups in total. The standard InChI is InChI=1S/C22H35F3N4O/c1-3-26-21(27-11-5-13-29-14-9-20(30)10-15-29)28-12-8-17(2)18-6-4-7-19(16-18)22(23,24)25/h4,6-7,16-17,20,30H,3,5,8-15H2,1-2H3,(H2,26,27,28). The molecule has 0 spiro atoms. The molecule has 5 nitrogen and oxygen atoms in total. The van der Waals surface area contributed by atoms with Gasteiger partial charge in [-0.2, -0.15) is 13.2 Å². The van der Waals surface area contributed by atoms with Gasteiger partial charge in [-0.15, -0.1) is 0 Å². The number of aliphatic imine (C=N–C) groups is 1. The maximum absolute atomic E-state index is 12.9. The van der Waals surface area contributed by atoms with Crippen molar-refractivity contribution < 1.29 is 18.3 Å². The van der Waals surface area contributed by atoms with Crippen molar-refractivity contribution in [2.24, 2.45) is 4.99 Å². The number of nitrogens with zero attached hydrogens (tertiary/aromatic N) is 2. The number of halogens is 3. The predicted molar refractivity (Wildman–Crippen MR) is 115 cm³/mol. The third kappa shape index (κ3) is 8.52. The fourth-order valence-corrected chi connectivity index (χ4v) is 3.57. The summed E-state index contributed by atoms with van der Waals surface area (Å²) in [6.07, 6.45) is -1.11. The van der Waals surface area contributed by atoms with Crippen molar-refractivity contribution in [3.63, 3.8) is 0 Å². The Morgan fingerprint density at radius 3 is 2.67 bits per heavy atom. The minimum absolute atomic E-state index is 0.0112. The Balaban J connectivity index is 1.75. The minimum Gasteiger partial charge on any atom is -0.393 e. The number of alkyl halides is 3. The summed E-state index contributed by atoms with van der Waals surface area (Å²) < 4.78 is 38.7. The van der Waals surface area contributed by atoms with E-state index in [1.54, 1.807) is 6.07 Å². The number of rotatable bonds is 9. The largest absolute Gasteiger partial charge is 0.416 e. The number of hydrogen-bond donors (Lipinski definition) is 3. The van der Waals surface area contributed by atoms with Crippen LogP contribution >= 0.6 is 0 Å². The van der Waals surface area contributed by atoms with Gasteiger partial charge in [-0.3, -0.25) is 4.99 Å². The average molecular weight is 429 g/mol. The molecule has 30 heavy (non-hydrogen) atoms. The summed E-state index contributed by atoms with van der Waals surface area (Å²) in [7, 11) is 0. The quantitative estimate of drug-likeness (QED) is 0.320. The second-order valence-corrected chi connectivity index (χ2v) is 7.93. The maximum atomic E-state index is 12.9. The Kier molecular flexibility index (Phi) is 9.91. The van der Waals surface area contributed by atoms with Crippen LogP contribution in [0, 0.1) is 0 Å². The first kappa shape index (κ1) is 24.5. The first-order chi connectivity index (χ1) is 14.3. The van der Waals surface area contributed by atoms with Crippen LogP contribution in [0.2, 0.25) is 0 Å². The average Bonchev–Trinajstić information content (AvgIpc) is 2.72. The van der Waals surface area contributed by atoms with Gasteiger partial charge in [0.15, 0.2) is 5.96 Å². The molecule has 1 atom stereocenters. The molecule has 0 bridgehead atoms. The predicted octanol–water partition coefficient (Wildman–Crippen LogP) is 3.60. The van der Waals surface area contributed by atoms with Gasteiger partial charge in [0.1, 0.15) is 0 Å². The summed E-state index contributed by atoms with van der Waals surface area (Å²) in [5.41, 5.74) is 0.0955. The van der Waals surface area contributed by atoms with Crippen LogP contribution in [0.3, 0.4) is 0 Å². The van der Waals surface area contributed by atoms with Crippen LogP contribution in [0.25, 0.3) is 0 Å². The zero-order valence-corrected chi connectivity index (χ0v) is 18.0. The normalized spacial score (nSPS) is 17.7. The fourth-order valence-electron chi connectivity index (χ4n) is 3.57. The smallest absolute Gasteiger partial charge is 0.393 e.